The summed E-state index contributed by atoms with van der Waals surface area (Å²) in [6.07, 6.45) is 0.549. The molecule has 0 fully saturated rings. The summed E-state index contributed by atoms with van der Waals surface area (Å²) in [5.74, 6) is 2.08. The van der Waals surface area contributed by atoms with Crippen LogP contribution in [-0.2, 0) is 6.18 Å². The first kappa shape index (κ1) is 12.1. The van der Waals surface area contributed by atoms with Gasteiger partial charge in [0.05, 0.1) is 11.6 Å². The second-order valence-corrected chi connectivity index (χ2v) is 3.79. The SMILES string of the molecule is C#CC(N)c1ccc(Br)cc1C(F)(F)F. The molecule has 5 heteroatoms. The van der Waals surface area contributed by atoms with E-state index in [-0.39, 0.29) is 5.56 Å². The van der Waals surface area contributed by atoms with Gasteiger partial charge >= 0.3 is 6.18 Å². The van der Waals surface area contributed by atoms with Crippen molar-refractivity contribution < 1.29 is 13.2 Å². The maximum absolute atomic E-state index is 12.6. The van der Waals surface area contributed by atoms with E-state index in [1.54, 1.807) is 0 Å². The fourth-order valence-corrected chi connectivity index (χ4v) is 1.50. The Morgan fingerprint density at radius 1 is 1.40 bits per heavy atom. The highest BCUT2D eigenvalue weighted by molar-refractivity contribution is 9.10. The fraction of sp³-hybridized carbons (Fsp3) is 0.200. The second kappa shape index (κ2) is 4.25. The van der Waals surface area contributed by atoms with Crippen LogP contribution in [0.25, 0.3) is 0 Å². The molecule has 0 aromatic heterocycles. The predicted octanol–water partition coefficient (Wildman–Crippen LogP) is 3.10. The largest absolute Gasteiger partial charge is 0.416 e. The van der Waals surface area contributed by atoms with Gasteiger partial charge in [-0.15, -0.1) is 6.42 Å². The Morgan fingerprint density at radius 3 is 2.47 bits per heavy atom. The quantitative estimate of drug-likeness (QED) is 0.785. The standard InChI is InChI=1S/C10H7BrF3N/c1-2-9(15)7-4-3-6(11)5-8(7)10(12,13)14/h1,3-5,9H,15H2. The van der Waals surface area contributed by atoms with Crippen molar-refractivity contribution in [3.8, 4) is 12.3 Å². The van der Waals surface area contributed by atoms with E-state index in [2.05, 4.69) is 21.9 Å². The summed E-state index contributed by atoms with van der Waals surface area (Å²) in [5.41, 5.74) is 4.50. The van der Waals surface area contributed by atoms with Gasteiger partial charge in [-0.1, -0.05) is 27.9 Å². The van der Waals surface area contributed by atoms with Crippen LogP contribution in [0, 0.1) is 12.3 Å². The predicted molar refractivity (Wildman–Crippen MR) is 54.9 cm³/mol. The van der Waals surface area contributed by atoms with Crippen LogP contribution in [0.2, 0.25) is 0 Å². The third kappa shape index (κ3) is 2.74. The molecule has 1 nitrogen and oxygen atoms in total. The van der Waals surface area contributed by atoms with Gasteiger partial charge in [0.25, 0.3) is 0 Å². The average molecular weight is 278 g/mol. The number of halogens is 4. The van der Waals surface area contributed by atoms with Gasteiger partial charge in [0, 0.05) is 4.47 Å². The van der Waals surface area contributed by atoms with Crippen molar-refractivity contribution in [1.82, 2.24) is 0 Å². The Morgan fingerprint density at radius 2 is 2.00 bits per heavy atom. The second-order valence-electron chi connectivity index (χ2n) is 2.87. The van der Waals surface area contributed by atoms with Crippen molar-refractivity contribution in [3.63, 3.8) is 0 Å². The molecule has 0 bridgehead atoms. The minimum absolute atomic E-state index is 0.0896. The van der Waals surface area contributed by atoms with Gasteiger partial charge in [0.2, 0.25) is 0 Å². The Hall–Kier alpha value is -0.990. The van der Waals surface area contributed by atoms with Crippen molar-refractivity contribution >= 4 is 15.9 Å². The maximum atomic E-state index is 12.6. The van der Waals surface area contributed by atoms with Gasteiger partial charge in [0.15, 0.2) is 0 Å². The van der Waals surface area contributed by atoms with E-state index in [1.807, 2.05) is 0 Å². The van der Waals surface area contributed by atoms with Crippen molar-refractivity contribution in [3.05, 3.63) is 33.8 Å². The molecule has 80 valence electrons. The van der Waals surface area contributed by atoms with E-state index in [0.29, 0.717) is 4.47 Å². The number of benzene rings is 1. The fourth-order valence-electron chi connectivity index (χ4n) is 1.13. The molecular formula is C10H7BrF3N. The van der Waals surface area contributed by atoms with Crippen LogP contribution in [-0.4, -0.2) is 0 Å². The number of rotatable bonds is 1. The molecule has 2 N–H and O–H groups in total. The minimum Gasteiger partial charge on any atom is -0.314 e. The number of alkyl halides is 3. The highest BCUT2D eigenvalue weighted by Crippen LogP contribution is 2.35. The topological polar surface area (TPSA) is 26.0 Å². The van der Waals surface area contributed by atoms with Gasteiger partial charge in [-0.25, -0.2) is 0 Å². The molecule has 0 aliphatic rings. The first-order valence-corrected chi connectivity index (χ1v) is 4.74. The normalized spacial score (nSPS) is 13.3. The molecule has 1 aromatic rings. The van der Waals surface area contributed by atoms with E-state index < -0.39 is 17.8 Å². The zero-order valence-electron chi connectivity index (χ0n) is 7.48. The summed E-state index contributed by atoms with van der Waals surface area (Å²) in [5, 5.41) is 0. The molecule has 0 saturated carbocycles. The lowest BCUT2D eigenvalue weighted by Crippen LogP contribution is -2.16. The molecule has 0 heterocycles. The summed E-state index contributed by atoms with van der Waals surface area (Å²) >= 11 is 2.97. The molecule has 1 aromatic carbocycles. The lowest BCUT2D eigenvalue weighted by molar-refractivity contribution is -0.138. The Labute approximate surface area is 93.6 Å². The van der Waals surface area contributed by atoms with Crippen LogP contribution in [0.5, 0.6) is 0 Å². The molecule has 0 aliphatic carbocycles. The number of hydrogen-bond donors (Lipinski definition) is 1. The van der Waals surface area contributed by atoms with Gasteiger partial charge in [0.1, 0.15) is 0 Å². The van der Waals surface area contributed by atoms with Crippen molar-refractivity contribution in [2.24, 2.45) is 5.73 Å². The molecule has 0 saturated heterocycles. The number of hydrogen-bond acceptors (Lipinski definition) is 1. The smallest absolute Gasteiger partial charge is 0.314 e. The third-order valence-corrected chi connectivity index (χ3v) is 2.33. The molecule has 1 unspecified atom stereocenters. The highest BCUT2D eigenvalue weighted by Gasteiger charge is 2.34. The number of terminal acetylenes is 1. The highest BCUT2D eigenvalue weighted by atomic mass is 79.9. The summed E-state index contributed by atoms with van der Waals surface area (Å²) in [6, 6.07) is 2.67. The molecule has 15 heavy (non-hydrogen) atoms. The van der Waals surface area contributed by atoms with Crippen molar-refractivity contribution in [2.45, 2.75) is 12.2 Å². The number of nitrogens with two attached hydrogens (primary N) is 1. The first-order valence-electron chi connectivity index (χ1n) is 3.94. The van der Waals surface area contributed by atoms with E-state index in [0.717, 1.165) is 6.07 Å². The summed E-state index contributed by atoms with van der Waals surface area (Å²) < 4.78 is 38.1. The van der Waals surface area contributed by atoms with Crippen molar-refractivity contribution in [1.29, 1.82) is 0 Å². The monoisotopic (exact) mass is 277 g/mol. The Bertz CT molecular complexity index is 406. The molecule has 1 rings (SSSR count). The Kier molecular flexibility index (Phi) is 3.42. The van der Waals surface area contributed by atoms with Crippen LogP contribution in [0.1, 0.15) is 17.2 Å². The summed E-state index contributed by atoms with van der Waals surface area (Å²) in [6.45, 7) is 0. The summed E-state index contributed by atoms with van der Waals surface area (Å²) in [4.78, 5) is 0. The van der Waals surface area contributed by atoms with E-state index in [9.17, 15) is 13.2 Å². The van der Waals surface area contributed by atoms with Gasteiger partial charge in [-0.05, 0) is 17.7 Å². The van der Waals surface area contributed by atoms with Gasteiger partial charge < -0.3 is 5.73 Å². The lowest BCUT2D eigenvalue weighted by Gasteiger charge is -2.15. The van der Waals surface area contributed by atoms with Crippen LogP contribution in [0.15, 0.2) is 22.7 Å². The molecule has 0 spiro atoms. The van der Waals surface area contributed by atoms with E-state index in [4.69, 9.17) is 12.2 Å². The maximum Gasteiger partial charge on any atom is 0.416 e. The zero-order chi connectivity index (χ0) is 11.6. The van der Waals surface area contributed by atoms with Crippen LogP contribution >= 0.6 is 15.9 Å². The first-order chi connectivity index (χ1) is 6.86. The molecule has 0 aliphatic heterocycles. The zero-order valence-corrected chi connectivity index (χ0v) is 9.06. The average Bonchev–Trinajstić information content (AvgIpc) is 2.15. The lowest BCUT2D eigenvalue weighted by atomic mass is 10.0. The van der Waals surface area contributed by atoms with Crippen molar-refractivity contribution in [2.75, 3.05) is 0 Å². The third-order valence-electron chi connectivity index (χ3n) is 1.84. The van der Waals surface area contributed by atoms with E-state index in [1.165, 1.54) is 12.1 Å². The Balaban J connectivity index is 3.35. The summed E-state index contributed by atoms with van der Waals surface area (Å²) in [7, 11) is 0. The van der Waals surface area contributed by atoms with Gasteiger partial charge in [-0.2, -0.15) is 13.2 Å². The van der Waals surface area contributed by atoms with Gasteiger partial charge in [-0.3, -0.25) is 0 Å². The molecule has 0 radical (unpaired) electrons. The molecule has 0 amide bonds. The van der Waals surface area contributed by atoms with E-state index >= 15 is 0 Å². The molecule has 1 atom stereocenters. The molecular weight excluding hydrogens is 271 g/mol. The van der Waals surface area contributed by atoms with Crippen LogP contribution < -0.4 is 5.73 Å². The minimum atomic E-state index is -4.45. The van der Waals surface area contributed by atoms with Crippen LogP contribution in [0.4, 0.5) is 13.2 Å². The van der Waals surface area contributed by atoms with Crippen LogP contribution in [0.3, 0.4) is 0 Å².